The molecule has 2 rings (SSSR count). The first-order valence-electron chi connectivity index (χ1n) is 5.81. The van der Waals surface area contributed by atoms with Crippen LogP contribution < -0.4 is 0 Å². The summed E-state index contributed by atoms with van der Waals surface area (Å²) in [5.74, 6) is 0.0855. The van der Waals surface area contributed by atoms with Crippen molar-refractivity contribution >= 4 is 21.8 Å². The van der Waals surface area contributed by atoms with Crippen molar-refractivity contribution in [3.63, 3.8) is 0 Å². The van der Waals surface area contributed by atoms with Gasteiger partial charge in [0.2, 0.25) is 0 Å². The molecule has 1 amide bonds. The average molecular weight is 298 g/mol. The molecule has 1 saturated heterocycles. The van der Waals surface area contributed by atoms with E-state index in [9.17, 15) is 4.79 Å². The van der Waals surface area contributed by atoms with Gasteiger partial charge in [-0.05, 0) is 47.0 Å². The van der Waals surface area contributed by atoms with E-state index in [1.165, 1.54) is 0 Å². The number of rotatable bonds is 1. The summed E-state index contributed by atoms with van der Waals surface area (Å²) in [5, 5.41) is 0. The van der Waals surface area contributed by atoms with Crippen LogP contribution in [-0.2, 0) is 4.74 Å². The Labute approximate surface area is 110 Å². The maximum atomic E-state index is 12.3. The SMILES string of the molecule is Cc1ccc(C(=O)N2CCCOCC2)c(Br)c1. The Hall–Kier alpha value is -0.870. The fraction of sp³-hybridized carbons (Fsp3) is 0.462. The summed E-state index contributed by atoms with van der Waals surface area (Å²) in [6, 6.07) is 5.82. The summed E-state index contributed by atoms with van der Waals surface area (Å²) < 4.78 is 6.22. The summed E-state index contributed by atoms with van der Waals surface area (Å²) in [5.41, 5.74) is 1.88. The Morgan fingerprint density at radius 3 is 2.94 bits per heavy atom. The Kier molecular flexibility index (Phi) is 4.18. The van der Waals surface area contributed by atoms with Gasteiger partial charge in [0.25, 0.3) is 5.91 Å². The maximum absolute atomic E-state index is 12.3. The van der Waals surface area contributed by atoms with Gasteiger partial charge in [-0.25, -0.2) is 0 Å². The molecule has 1 fully saturated rings. The Morgan fingerprint density at radius 1 is 1.35 bits per heavy atom. The Morgan fingerprint density at radius 2 is 2.18 bits per heavy atom. The van der Waals surface area contributed by atoms with E-state index in [0.29, 0.717) is 13.2 Å². The third kappa shape index (κ3) is 3.07. The lowest BCUT2D eigenvalue weighted by atomic mass is 10.1. The summed E-state index contributed by atoms with van der Waals surface area (Å²) in [4.78, 5) is 14.2. The van der Waals surface area contributed by atoms with E-state index in [4.69, 9.17) is 4.74 Å². The predicted octanol–water partition coefficient (Wildman–Crippen LogP) is 2.62. The van der Waals surface area contributed by atoms with Crippen molar-refractivity contribution in [1.82, 2.24) is 4.90 Å². The first-order chi connectivity index (χ1) is 8.18. The number of nitrogens with zero attached hydrogens (tertiary/aromatic N) is 1. The number of carbonyl (C=O) groups is 1. The van der Waals surface area contributed by atoms with Crippen molar-refractivity contribution in [1.29, 1.82) is 0 Å². The molecule has 1 aromatic carbocycles. The first-order valence-corrected chi connectivity index (χ1v) is 6.61. The number of ether oxygens (including phenoxy) is 1. The topological polar surface area (TPSA) is 29.5 Å². The molecule has 1 aromatic rings. The second-order valence-electron chi connectivity index (χ2n) is 4.24. The van der Waals surface area contributed by atoms with Gasteiger partial charge in [0, 0.05) is 24.2 Å². The predicted molar refractivity (Wildman–Crippen MR) is 70.2 cm³/mol. The molecule has 1 aliphatic heterocycles. The van der Waals surface area contributed by atoms with E-state index in [2.05, 4.69) is 15.9 Å². The fourth-order valence-corrected chi connectivity index (χ4v) is 2.58. The summed E-state index contributed by atoms with van der Waals surface area (Å²) in [7, 11) is 0. The summed E-state index contributed by atoms with van der Waals surface area (Å²) >= 11 is 3.46. The highest BCUT2D eigenvalue weighted by Gasteiger charge is 2.19. The largest absolute Gasteiger partial charge is 0.380 e. The van der Waals surface area contributed by atoms with E-state index in [-0.39, 0.29) is 5.91 Å². The van der Waals surface area contributed by atoms with E-state index < -0.39 is 0 Å². The molecule has 4 heteroatoms. The van der Waals surface area contributed by atoms with Crippen LogP contribution in [0.1, 0.15) is 22.3 Å². The second-order valence-corrected chi connectivity index (χ2v) is 5.10. The zero-order chi connectivity index (χ0) is 12.3. The van der Waals surface area contributed by atoms with E-state index >= 15 is 0 Å². The van der Waals surface area contributed by atoms with Gasteiger partial charge in [-0.2, -0.15) is 0 Å². The molecule has 3 nitrogen and oxygen atoms in total. The fourth-order valence-electron chi connectivity index (χ4n) is 1.91. The lowest BCUT2D eigenvalue weighted by molar-refractivity contribution is 0.0740. The van der Waals surface area contributed by atoms with Crippen LogP contribution in [0.2, 0.25) is 0 Å². The number of hydrogen-bond acceptors (Lipinski definition) is 2. The van der Waals surface area contributed by atoms with Crippen LogP contribution in [0.15, 0.2) is 22.7 Å². The number of hydrogen-bond donors (Lipinski definition) is 0. The number of benzene rings is 1. The normalized spacial score (nSPS) is 16.7. The van der Waals surface area contributed by atoms with Crippen molar-refractivity contribution < 1.29 is 9.53 Å². The van der Waals surface area contributed by atoms with Crippen LogP contribution in [-0.4, -0.2) is 37.1 Å². The zero-order valence-corrected chi connectivity index (χ0v) is 11.5. The van der Waals surface area contributed by atoms with Gasteiger partial charge in [0.1, 0.15) is 0 Å². The molecule has 0 aliphatic carbocycles. The Balaban J connectivity index is 2.17. The standard InChI is InChI=1S/C13H16BrNO2/c1-10-3-4-11(12(14)9-10)13(16)15-5-2-7-17-8-6-15/h3-4,9H,2,5-8H2,1H3. The molecule has 0 saturated carbocycles. The highest BCUT2D eigenvalue weighted by Crippen LogP contribution is 2.20. The van der Waals surface area contributed by atoms with Crippen LogP contribution in [0.3, 0.4) is 0 Å². The minimum absolute atomic E-state index is 0.0855. The molecular formula is C13H16BrNO2. The van der Waals surface area contributed by atoms with Crippen molar-refractivity contribution in [2.45, 2.75) is 13.3 Å². The van der Waals surface area contributed by atoms with Gasteiger partial charge < -0.3 is 9.64 Å². The monoisotopic (exact) mass is 297 g/mol. The molecule has 1 aliphatic rings. The van der Waals surface area contributed by atoms with Crippen molar-refractivity contribution in [3.05, 3.63) is 33.8 Å². The van der Waals surface area contributed by atoms with Crippen LogP contribution in [0, 0.1) is 6.92 Å². The van der Waals surface area contributed by atoms with Gasteiger partial charge in [-0.1, -0.05) is 6.07 Å². The lowest BCUT2D eigenvalue weighted by Gasteiger charge is -2.20. The highest BCUT2D eigenvalue weighted by atomic mass is 79.9. The quantitative estimate of drug-likeness (QED) is 0.797. The maximum Gasteiger partial charge on any atom is 0.255 e. The van der Waals surface area contributed by atoms with Gasteiger partial charge in [-0.3, -0.25) is 4.79 Å². The number of amides is 1. The molecule has 0 aromatic heterocycles. The molecule has 0 radical (unpaired) electrons. The Bertz CT molecular complexity index is 412. The van der Waals surface area contributed by atoms with Crippen molar-refractivity contribution in [2.24, 2.45) is 0 Å². The van der Waals surface area contributed by atoms with E-state index in [0.717, 1.165) is 35.2 Å². The number of aryl methyl sites for hydroxylation is 1. The molecule has 0 spiro atoms. The molecule has 92 valence electrons. The van der Waals surface area contributed by atoms with Crippen LogP contribution in [0.4, 0.5) is 0 Å². The van der Waals surface area contributed by atoms with Crippen LogP contribution in [0.5, 0.6) is 0 Å². The third-order valence-corrected chi connectivity index (χ3v) is 3.52. The van der Waals surface area contributed by atoms with E-state index in [1.54, 1.807) is 0 Å². The van der Waals surface area contributed by atoms with Gasteiger partial charge in [-0.15, -0.1) is 0 Å². The van der Waals surface area contributed by atoms with Gasteiger partial charge in [0.05, 0.1) is 12.2 Å². The summed E-state index contributed by atoms with van der Waals surface area (Å²) in [6.07, 6.45) is 0.912. The minimum Gasteiger partial charge on any atom is -0.380 e. The smallest absolute Gasteiger partial charge is 0.255 e. The first kappa shape index (κ1) is 12.6. The molecule has 0 atom stereocenters. The van der Waals surface area contributed by atoms with Crippen molar-refractivity contribution in [3.8, 4) is 0 Å². The molecule has 0 bridgehead atoms. The molecule has 1 heterocycles. The third-order valence-electron chi connectivity index (χ3n) is 2.86. The average Bonchev–Trinajstić information content (AvgIpc) is 2.56. The van der Waals surface area contributed by atoms with Gasteiger partial charge in [0.15, 0.2) is 0 Å². The molecule has 0 N–H and O–H groups in total. The molecule has 0 unspecified atom stereocenters. The number of carbonyl (C=O) groups excluding carboxylic acids is 1. The summed E-state index contributed by atoms with van der Waals surface area (Å²) in [6.45, 7) is 4.85. The molecule has 17 heavy (non-hydrogen) atoms. The minimum atomic E-state index is 0.0855. The van der Waals surface area contributed by atoms with Crippen LogP contribution >= 0.6 is 15.9 Å². The second kappa shape index (κ2) is 5.65. The van der Waals surface area contributed by atoms with Crippen LogP contribution in [0.25, 0.3) is 0 Å². The van der Waals surface area contributed by atoms with Gasteiger partial charge >= 0.3 is 0 Å². The van der Waals surface area contributed by atoms with Crippen molar-refractivity contribution in [2.75, 3.05) is 26.3 Å². The number of halogens is 1. The lowest BCUT2D eigenvalue weighted by Crippen LogP contribution is -2.33. The van der Waals surface area contributed by atoms with E-state index in [1.807, 2.05) is 30.0 Å². The highest BCUT2D eigenvalue weighted by molar-refractivity contribution is 9.10. The molecular weight excluding hydrogens is 282 g/mol. The zero-order valence-electron chi connectivity index (χ0n) is 9.91.